The van der Waals surface area contributed by atoms with Crippen LogP contribution in [0.5, 0.6) is 0 Å². The molecule has 0 saturated heterocycles. The van der Waals surface area contributed by atoms with E-state index in [1.54, 1.807) is 17.6 Å². The van der Waals surface area contributed by atoms with E-state index in [4.69, 9.17) is 11.5 Å². The molecule has 1 atom stereocenters. The zero-order valence-corrected chi connectivity index (χ0v) is 10.6. The lowest BCUT2D eigenvalue weighted by molar-refractivity contribution is -0.119. The maximum absolute atomic E-state index is 11.5. The fourth-order valence-electron chi connectivity index (χ4n) is 1.12. The highest BCUT2D eigenvalue weighted by Gasteiger charge is 2.19. The van der Waals surface area contributed by atoms with Crippen LogP contribution < -0.4 is 16.8 Å². The smallest absolute Gasteiger partial charge is 0.318 e. The van der Waals surface area contributed by atoms with Crippen LogP contribution in [-0.4, -0.2) is 32.0 Å². The van der Waals surface area contributed by atoms with Crippen molar-refractivity contribution in [3.63, 3.8) is 0 Å². The number of hydrogen-bond donors (Lipinski definition) is 3. The molecule has 0 aliphatic rings. The van der Waals surface area contributed by atoms with Gasteiger partial charge in [0.25, 0.3) is 0 Å². The highest BCUT2D eigenvalue weighted by atomic mass is 32.2. The van der Waals surface area contributed by atoms with E-state index < -0.39 is 17.2 Å². The van der Waals surface area contributed by atoms with Crippen molar-refractivity contribution in [3.8, 4) is 0 Å². The van der Waals surface area contributed by atoms with Gasteiger partial charge >= 0.3 is 6.03 Å². The Bertz CT molecular complexity index is 472. The van der Waals surface area contributed by atoms with Gasteiger partial charge in [-0.3, -0.25) is 14.7 Å². The van der Waals surface area contributed by atoms with Crippen molar-refractivity contribution in [2.24, 2.45) is 5.73 Å². The van der Waals surface area contributed by atoms with Crippen LogP contribution in [0.3, 0.4) is 0 Å². The summed E-state index contributed by atoms with van der Waals surface area (Å²) in [4.78, 5) is 22.0. The van der Waals surface area contributed by atoms with Gasteiger partial charge in [-0.25, -0.2) is 4.79 Å². The van der Waals surface area contributed by atoms with Crippen LogP contribution in [0.2, 0.25) is 0 Å². The second-order valence-corrected chi connectivity index (χ2v) is 4.66. The third kappa shape index (κ3) is 3.48. The first-order valence-electron chi connectivity index (χ1n) is 5.02. The zero-order valence-electron chi connectivity index (χ0n) is 9.79. The zero-order chi connectivity index (χ0) is 13.7. The molecule has 9 heteroatoms. The minimum atomic E-state index is -0.889. The Labute approximate surface area is 108 Å². The number of nitrogen functional groups attached to an aromatic ring is 1. The number of hydrogen-bond acceptors (Lipinski definition) is 6. The molecule has 0 saturated carbocycles. The number of aromatic nitrogens is 3. The number of primary amides is 1. The van der Waals surface area contributed by atoms with Gasteiger partial charge in [0.15, 0.2) is 5.16 Å². The van der Waals surface area contributed by atoms with Gasteiger partial charge < -0.3 is 11.5 Å². The number of allylic oxidation sites excluding steroid dienone is 1. The van der Waals surface area contributed by atoms with Crippen LogP contribution in [0, 0.1) is 0 Å². The molecule has 0 aliphatic heterocycles. The molecule has 0 radical (unpaired) electrons. The minimum absolute atomic E-state index is 0.236. The molecule has 1 rings (SSSR count). The molecule has 0 spiro atoms. The molecule has 98 valence electrons. The number of carbonyl (C=O) groups is 2. The van der Waals surface area contributed by atoms with E-state index in [0.29, 0.717) is 11.7 Å². The number of imide groups is 1. The van der Waals surface area contributed by atoms with Crippen LogP contribution in [0.15, 0.2) is 17.8 Å². The summed E-state index contributed by atoms with van der Waals surface area (Å²) in [6.07, 6.45) is 1.64. The molecule has 18 heavy (non-hydrogen) atoms. The summed E-state index contributed by atoms with van der Waals surface area (Å²) in [5.74, 6) is -0.265. The van der Waals surface area contributed by atoms with E-state index in [0.717, 1.165) is 11.8 Å². The second-order valence-electron chi connectivity index (χ2n) is 3.35. The molecule has 1 heterocycles. The van der Waals surface area contributed by atoms with Crippen LogP contribution >= 0.6 is 11.8 Å². The molecule has 1 aromatic heterocycles. The molecular formula is C9H14N6O2S. The molecule has 0 bridgehead atoms. The Morgan fingerprint density at radius 1 is 1.61 bits per heavy atom. The van der Waals surface area contributed by atoms with E-state index in [2.05, 4.69) is 16.8 Å². The van der Waals surface area contributed by atoms with Crippen molar-refractivity contribution >= 4 is 29.6 Å². The SMILES string of the molecule is C=CCn1c(N)nnc1SC(C)C(=O)NC(N)=O. The van der Waals surface area contributed by atoms with Crippen LogP contribution in [-0.2, 0) is 11.3 Å². The Balaban J connectivity index is 2.75. The first-order chi connectivity index (χ1) is 8.45. The van der Waals surface area contributed by atoms with Crippen molar-refractivity contribution in [2.75, 3.05) is 5.73 Å². The number of thioether (sulfide) groups is 1. The summed E-state index contributed by atoms with van der Waals surface area (Å²) in [6, 6.07) is -0.889. The number of anilines is 1. The maximum atomic E-state index is 11.5. The van der Waals surface area contributed by atoms with Crippen molar-refractivity contribution < 1.29 is 9.59 Å². The molecule has 8 nitrogen and oxygen atoms in total. The summed E-state index contributed by atoms with van der Waals surface area (Å²) in [5, 5.41) is 9.46. The average Bonchev–Trinajstić information content (AvgIpc) is 2.61. The Morgan fingerprint density at radius 3 is 2.83 bits per heavy atom. The monoisotopic (exact) mass is 270 g/mol. The summed E-state index contributed by atoms with van der Waals surface area (Å²) < 4.78 is 1.60. The third-order valence-electron chi connectivity index (χ3n) is 1.95. The van der Waals surface area contributed by atoms with Crippen molar-refractivity contribution in [1.82, 2.24) is 20.1 Å². The quantitative estimate of drug-likeness (QED) is 0.498. The number of rotatable bonds is 5. The molecule has 1 unspecified atom stereocenters. The van der Waals surface area contributed by atoms with Gasteiger partial charge in [-0.2, -0.15) is 0 Å². The van der Waals surface area contributed by atoms with E-state index >= 15 is 0 Å². The van der Waals surface area contributed by atoms with Crippen molar-refractivity contribution in [1.29, 1.82) is 0 Å². The maximum Gasteiger partial charge on any atom is 0.318 e. The number of carbonyl (C=O) groups excluding carboxylic acids is 2. The summed E-state index contributed by atoms with van der Waals surface area (Å²) in [6.45, 7) is 5.64. The molecule has 1 aromatic rings. The number of nitrogens with zero attached hydrogens (tertiary/aromatic N) is 3. The highest BCUT2D eigenvalue weighted by Crippen LogP contribution is 2.23. The van der Waals surface area contributed by atoms with Gasteiger partial charge in [0.05, 0.1) is 5.25 Å². The minimum Gasteiger partial charge on any atom is -0.368 e. The Hall–Kier alpha value is -2.03. The van der Waals surface area contributed by atoms with E-state index in [1.165, 1.54) is 0 Å². The summed E-state index contributed by atoms with van der Waals surface area (Å²) >= 11 is 1.12. The lowest BCUT2D eigenvalue weighted by atomic mass is 10.4. The summed E-state index contributed by atoms with van der Waals surface area (Å²) in [7, 11) is 0. The Morgan fingerprint density at radius 2 is 2.28 bits per heavy atom. The number of nitrogens with one attached hydrogen (secondary N) is 1. The van der Waals surface area contributed by atoms with Crippen LogP contribution in [0.4, 0.5) is 10.7 Å². The van der Waals surface area contributed by atoms with E-state index in [1.807, 2.05) is 5.32 Å². The normalized spacial score (nSPS) is 11.8. The standard InChI is InChI=1S/C9H14N6O2S/c1-3-4-15-7(10)13-14-9(15)18-5(2)6(16)12-8(11)17/h3,5H,1,4H2,2H3,(H2,10,13)(H3,11,12,16,17). The molecule has 3 amide bonds. The molecule has 5 N–H and O–H groups in total. The fourth-order valence-corrected chi connectivity index (χ4v) is 1.99. The van der Waals surface area contributed by atoms with Gasteiger partial charge in [0, 0.05) is 6.54 Å². The van der Waals surface area contributed by atoms with Gasteiger partial charge in [-0.15, -0.1) is 16.8 Å². The lowest BCUT2D eigenvalue weighted by Gasteiger charge is -2.10. The molecule has 0 aliphatic carbocycles. The van der Waals surface area contributed by atoms with Crippen molar-refractivity contribution in [2.45, 2.75) is 23.9 Å². The van der Waals surface area contributed by atoms with Gasteiger partial charge in [0.2, 0.25) is 11.9 Å². The molecule has 0 aromatic carbocycles. The molecular weight excluding hydrogens is 256 g/mol. The van der Waals surface area contributed by atoms with Gasteiger partial charge in [-0.1, -0.05) is 17.8 Å². The van der Waals surface area contributed by atoms with Gasteiger partial charge in [0.1, 0.15) is 0 Å². The van der Waals surface area contributed by atoms with Gasteiger partial charge in [-0.05, 0) is 6.92 Å². The topological polar surface area (TPSA) is 129 Å². The third-order valence-corrected chi connectivity index (χ3v) is 3.04. The first-order valence-corrected chi connectivity index (χ1v) is 5.90. The summed E-state index contributed by atoms with van der Waals surface area (Å²) in [5.41, 5.74) is 10.5. The number of urea groups is 1. The molecule has 0 fully saturated rings. The largest absolute Gasteiger partial charge is 0.368 e. The van der Waals surface area contributed by atoms with Crippen LogP contribution in [0.25, 0.3) is 0 Å². The Kier molecular flexibility index (Phi) is 4.72. The van der Waals surface area contributed by atoms with E-state index in [-0.39, 0.29) is 5.95 Å². The number of amides is 3. The van der Waals surface area contributed by atoms with Crippen LogP contribution in [0.1, 0.15) is 6.92 Å². The fraction of sp³-hybridized carbons (Fsp3) is 0.333. The number of nitrogens with two attached hydrogens (primary N) is 2. The lowest BCUT2D eigenvalue weighted by Crippen LogP contribution is -2.39. The predicted molar refractivity (Wildman–Crippen MR) is 67.7 cm³/mol. The first kappa shape index (κ1) is 14.0. The van der Waals surface area contributed by atoms with E-state index in [9.17, 15) is 9.59 Å². The predicted octanol–water partition coefficient (Wildman–Crippen LogP) is -0.278. The average molecular weight is 270 g/mol. The highest BCUT2D eigenvalue weighted by molar-refractivity contribution is 8.00. The van der Waals surface area contributed by atoms with Crippen molar-refractivity contribution in [3.05, 3.63) is 12.7 Å². The second kappa shape index (κ2) is 6.05.